The lowest BCUT2D eigenvalue weighted by Crippen LogP contribution is -2.44. The van der Waals surface area contributed by atoms with Gasteiger partial charge < -0.3 is 10.1 Å². The molecule has 2 aromatic carbocycles. The molecule has 0 bridgehead atoms. The summed E-state index contributed by atoms with van der Waals surface area (Å²) in [7, 11) is -1.89. The SMILES string of the molecule is CCCS(=O)(=O)Nc1cccc(C(=O)NNC(=O)CNc2ccc(OC)cc2)c1. The van der Waals surface area contributed by atoms with E-state index in [4.69, 9.17) is 4.74 Å². The minimum absolute atomic E-state index is 0.0132. The average molecular weight is 420 g/mol. The number of anilines is 2. The van der Waals surface area contributed by atoms with Crippen molar-refractivity contribution >= 4 is 33.2 Å². The number of benzene rings is 2. The van der Waals surface area contributed by atoms with E-state index >= 15 is 0 Å². The second kappa shape index (κ2) is 10.3. The van der Waals surface area contributed by atoms with Crippen LogP contribution in [-0.2, 0) is 14.8 Å². The van der Waals surface area contributed by atoms with Crippen LogP contribution in [0.1, 0.15) is 23.7 Å². The summed E-state index contributed by atoms with van der Waals surface area (Å²) < 4.78 is 31.1. The highest BCUT2D eigenvalue weighted by molar-refractivity contribution is 7.92. The van der Waals surface area contributed by atoms with Crippen molar-refractivity contribution in [3.05, 3.63) is 54.1 Å². The first-order chi connectivity index (χ1) is 13.8. The van der Waals surface area contributed by atoms with E-state index in [0.29, 0.717) is 12.2 Å². The predicted octanol–water partition coefficient (Wildman–Crippen LogP) is 1.72. The van der Waals surface area contributed by atoms with Gasteiger partial charge in [-0.25, -0.2) is 8.42 Å². The standard InChI is InChI=1S/C19H24N4O5S/c1-3-11-29(26,27)23-16-6-4-5-14(12-16)19(25)22-21-18(24)13-20-15-7-9-17(28-2)10-8-15/h4-10,12,20,23H,3,11,13H2,1-2H3,(H,21,24)(H,22,25). The van der Waals surface area contributed by atoms with Crippen LogP contribution in [-0.4, -0.2) is 39.6 Å². The normalized spacial score (nSPS) is 10.7. The number of carbonyl (C=O) groups is 2. The number of methoxy groups -OCH3 is 1. The van der Waals surface area contributed by atoms with Gasteiger partial charge in [0.15, 0.2) is 0 Å². The van der Waals surface area contributed by atoms with Crippen LogP contribution >= 0.6 is 0 Å². The van der Waals surface area contributed by atoms with Gasteiger partial charge in [-0.3, -0.25) is 25.2 Å². The molecule has 2 rings (SSSR count). The topological polar surface area (TPSA) is 126 Å². The van der Waals surface area contributed by atoms with Crippen molar-refractivity contribution in [1.29, 1.82) is 0 Å². The van der Waals surface area contributed by atoms with Crippen LogP contribution in [0.15, 0.2) is 48.5 Å². The third kappa shape index (κ3) is 7.34. The fourth-order valence-electron chi connectivity index (χ4n) is 2.36. The lowest BCUT2D eigenvalue weighted by molar-refractivity contribution is -0.120. The Bertz CT molecular complexity index is 945. The number of nitrogens with one attached hydrogen (secondary N) is 4. The zero-order chi connectivity index (χ0) is 21.3. The van der Waals surface area contributed by atoms with Crippen LogP contribution in [0.5, 0.6) is 5.75 Å². The van der Waals surface area contributed by atoms with Gasteiger partial charge in [-0.05, 0) is 48.9 Å². The van der Waals surface area contributed by atoms with Crippen LogP contribution in [0.2, 0.25) is 0 Å². The largest absolute Gasteiger partial charge is 0.497 e. The van der Waals surface area contributed by atoms with E-state index in [-0.39, 0.29) is 23.5 Å². The first kappa shape index (κ1) is 22.0. The lowest BCUT2D eigenvalue weighted by Gasteiger charge is -2.11. The first-order valence-electron chi connectivity index (χ1n) is 8.90. The first-order valence-corrected chi connectivity index (χ1v) is 10.6. The molecule has 4 N–H and O–H groups in total. The number of hydrogen-bond donors (Lipinski definition) is 4. The van der Waals surface area contributed by atoms with Gasteiger partial charge in [0.05, 0.1) is 19.4 Å². The maximum Gasteiger partial charge on any atom is 0.269 e. The Morgan fingerprint density at radius 1 is 1.00 bits per heavy atom. The van der Waals surface area contributed by atoms with Crippen LogP contribution in [0.25, 0.3) is 0 Å². The smallest absolute Gasteiger partial charge is 0.269 e. The number of hydrogen-bond acceptors (Lipinski definition) is 6. The Labute approximate surface area is 169 Å². The second-order valence-electron chi connectivity index (χ2n) is 6.09. The van der Waals surface area contributed by atoms with E-state index in [9.17, 15) is 18.0 Å². The summed E-state index contributed by atoms with van der Waals surface area (Å²) >= 11 is 0. The van der Waals surface area contributed by atoms with Crippen LogP contribution in [0, 0.1) is 0 Å². The van der Waals surface area contributed by atoms with E-state index in [0.717, 1.165) is 5.69 Å². The van der Waals surface area contributed by atoms with E-state index in [1.165, 1.54) is 12.1 Å². The number of rotatable bonds is 9. The molecule has 0 unspecified atom stereocenters. The maximum atomic E-state index is 12.2. The quantitative estimate of drug-likeness (QED) is 0.458. The molecule has 0 aliphatic carbocycles. The van der Waals surface area contributed by atoms with E-state index in [1.807, 2.05) is 0 Å². The van der Waals surface area contributed by atoms with Crippen molar-refractivity contribution in [2.24, 2.45) is 0 Å². The number of sulfonamides is 1. The molecule has 2 aromatic rings. The molecule has 9 nitrogen and oxygen atoms in total. The highest BCUT2D eigenvalue weighted by atomic mass is 32.2. The van der Waals surface area contributed by atoms with Gasteiger partial charge in [-0.2, -0.15) is 0 Å². The Hall–Kier alpha value is -3.27. The van der Waals surface area contributed by atoms with Crippen molar-refractivity contribution in [2.75, 3.05) is 29.4 Å². The molecule has 0 aliphatic rings. The minimum atomic E-state index is -3.46. The number of hydrazine groups is 1. The van der Waals surface area contributed by atoms with Crippen molar-refractivity contribution in [3.8, 4) is 5.75 Å². The molecule has 2 amide bonds. The Balaban J connectivity index is 1.85. The van der Waals surface area contributed by atoms with Crippen molar-refractivity contribution in [2.45, 2.75) is 13.3 Å². The molecule has 0 atom stereocenters. The summed E-state index contributed by atoms with van der Waals surface area (Å²) in [5.74, 6) is -0.333. The molecule has 29 heavy (non-hydrogen) atoms. The number of carbonyl (C=O) groups excluding carboxylic acids is 2. The summed E-state index contributed by atoms with van der Waals surface area (Å²) in [6.45, 7) is 1.71. The number of amides is 2. The average Bonchev–Trinajstić information content (AvgIpc) is 2.70. The van der Waals surface area contributed by atoms with Crippen molar-refractivity contribution < 1.29 is 22.7 Å². The molecule has 0 aromatic heterocycles. The third-order valence-electron chi connectivity index (χ3n) is 3.73. The van der Waals surface area contributed by atoms with E-state index in [2.05, 4.69) is 20.9 Å². The van der Waals surface area contributed by atoms with E-state index < -0.39 is 21.8 Å². The van der Waals surface area contributed by atoms with Gasteiger partial charge >= 0.3 is 0 Å². The molecular weight excluding hydrogens is 396 g/mol. The molecule has 0 fully saturated rings. The summed E-state index contributed by atoms with van der Waals surface area (Å²) in [5.41, 5.74) is 5.79. The lowest BCUT2D eigenvalue weighted by atomic mass is 10.2. The summed E-state index contributed by atoms with van der Waals surface area (Å²) in [6, 6.07) is 13.0. The molecular formula is C19H24N4O5S. The molecule has 0 spiro atoms. The Morgan fingerprint density at radius 2 is 1.72 bits per heavy atom. The summed E-state index contributed by atoms with van der Waals surface area (Å²) in [4.78, 5) is 24.1. The monoisotopic (exact) mass is 420 g/mol. The Kier molecular flexibility index (Phi) is 7.84. The van der Waals surface area contributed by atoms with Crippen molar-refractivity contribution in [1.82, 2.24) is 10.9 Å². The fraction of sp³-hybridized carbons (Fsp3) is 0.263. The van der Waals surface area contributed by atoms with Gasteiger partial charge in [-0.1, -0.05) is 13.0 Å². The van der Waals surface area contributed by atoms with Gasteiger partial charge in [0, 0.05) is 16.9 Å². The third-order valence-corrected chi connectivity index (χ3v) is 5.22. The van der Waals surface area contributed by atoms with Crippen LogP contribution in [0.4, 0.5) is 11.4 Å². The fourth-order valence-corrected chi connectivity index (χ4v) is 3.48. The van der Waals surface area contributed by atoms with Crippen LogP contribution in [0.3, 0.4) is 0 Å². The van der Waals surface area contributed by atoms with Crippen molar-refractivity contribution in [3.63, 3.8) is 0 Å². The van der Waals surface area contributed by atoms with Gasteiger partial charge in [-0.15, -0.1) is 0 Å². The summed E-state index contributed by atoms with van der Waals surface area (Å²) in [5, 5.41) is 2.91. The van der Waals surface area contributed by atoms with E-state index in [1.54, 1.807) is 50.4 Å². The highest BCUT2D eigenvalue weighted by Gasteiger charge is 2.12. The second-order valence-corrected chi connectivity index (χ2v) is 7.93. The molecule has 0 aliphatic heterocycles. The maximum absolute atomic E-state index is 12.2. The minimum Gasteiger partial charge on any atom is -0.497 e. The molecule has 156 valence electrons. The molecule has 0 saturated heterocycles. The zero-order valence-corrected chi connectivity index (χ0v) is 17.0. The zero-order valence-electron chi connectivity index (χ0n) is 16.2. The molecule has 0 heterocycles. The molecule has 0 saturated carbocycles. The van der Waals surface area contributed by atoms with Gasteiger partial charge in [0.2, 0.25) is 10.0 Å². The van der Waals surface area contributed by atoms with Crippen LogP contribution < -0.4 is 25.6 Å². The molecule has 10 heteroatoms. The molecule has 0 radical (unpaired) electrons. The highest BCUT2D eigenvalue weighted by Crippen LogP contribution is 2.15. The Morgan fingerprint density at radius 3 is 2.38 bits per heavy atom. The number of ether oxygens (including phenoxy) is 1. The van der Waals surface area contributed by atoms with Gasteiger partial charge in [0.25, 0.3) is 11.8 Å². The summed E-state index contributed by atoms with van der Waals surface area (Å²) in [6.07, 6.45) is 0.478. The van der Waals surface area contributed by atoms with Gasteiger partial charge in [0.1, 0.15) is 5.75 Å². The predicted molar refractivity (Wildman–Crippen MR) is 111 cm³/mol.